The maximum atomic E-state index is 13.0. The van der Waals surface area contributed by atoms with Gasteiger partial charge in [0.25, 0.3) is 5.91 Å². The molecule has 2 aromatic heterocycles. The summed E-state index contributed by atoms with van der Waals surface area (Å²) in [4.78, 5) is 17.4. The number of hydrogen-bond donors (Lipinski definition) is 1. The number of nitrogens with zero attached hydrogens (tertiary/aromatic N) is 6. The zero-order valence-corrected chi connectivity index (χ0v) is 16.1. The van der Waals surface area contributed by atoms with Crippen molar-refractivity contribution in [2.75, 3.05) is 11.6 Å². The van der Waals surface area contributed by atoms with Gasteiger partial charge in [0, 0.05) is 24.0 Å². The maximum Gasteiger partial charge on any atom is 0.274 e. The Kier molecular flexibility index (Phi) is 4.90. The Morgan fingerprint density at radius 2 is 1.93 bits per heavy atom. The summed E-state index contributed by atoms with van der Waals surface area (Å²) in [5.74, 6) is 0.375. The Labute approximate surface area is 165 Å². The van der Waals surface area contributed by atoms with Crippen LogP contribution in [-0.4, -0.2) is 41.9 Å². The molecule has 0 aliphatic carbocycles. The molecule has 1 N–H and O–H groups in total. The van der Waals surface area contributed by atoms with E-state index in [1.165, 1.54) is 11.8 Å². The lowest BCUT2D eigenvalue weighted by molar-refractivity contribution is 0.102. The zero-order valence-electron chi connectivity index (χ0n) is 15.3. The van der Waals surface area contributed by atoms with Gasteiger partial charge in [-0.15, -0.1) is 5.10 Å². The fourth-order valence-electron chi connectivity index (χ4n) is 2.87. The first-order valence-corrected chi connectivity index (χ1v) is 9.71. The highest BCUT2D eigenvalue weighted by molar-refractivity contribution is 7.98. The van der Waals surface area contributed by atoms with Gasteiger partial charge in [-0.25, -0.2) is 9.67 Å². The number of thioether (sulfide) groups is 1. The number of aromatic nitrogens is 6. The van der Waals surface area contributed by atoms with Gasteiger partial charge >= 0.3 is 0 Å². The number of para-hydroxylation sites is 1. The van der Waals surface area contributed by atoms with Crippen molar-refractivity contribution in [1.29, 1.82) is 0 Å². The van der Waals surface area contributed by atoms with E-state index in [2.05, 4.69) is 25.8 Å². The SMILES string of the molecule is CSc1ncc(C(=O)Nc2cccc(-c3nnnn3C)c2)n1-c1ccccc1. The van der Waals surface area contributed by atoms with Crippen molar-refractivity contribution in [1.82, 2.24) is 29.8 Å². The molecule has 2 heterocycles. The monoisotopic (exact) mass is 391 g/mol. The highest BCUT2D eigenvalue weighted by Gasteiger charge is 2.18. The van der Waals surface area contributed by atoms with E-state index in [9.17, 15) is 4.79 Å². The molecule has 0 fully saturated rings. The minimum atomic E-state index is -0.245. The first-order chi connectivity index (χ1) is 13.7. The fraction of sp³-hybridized carbons (Fsp3) is 0.105. The summed E-state index contributed by atoms with van der Waals surface area (Å²) in [7, 11) is 1.77. The van der Waals surface area contributed by atoms with Crippen LogP contribution in [0.15, 0.2) is 66.0 Å². The molecule has 140 valence electrons. The summed E-state index contributed by atoms with van der Waals surface area (Å²) in [6.45, 7) is 0. The molecule has 28 heavy (non-hydrogen) atoms. The quantitative estimate of drug-likeness (QED) is 0.526. The van der Waals surface area contributed by atoms with Crippen molar-refractivity contribution in [2.45, 2.75) is 5.16 Å². The highest BCUT2D eigenvalue weighted by atomic mass is 32.2. The molecule has 0 saturated heterocycles. The van der Waals surface area contributed by atoms with E-state index in [0.717, 1.165) is 16.4 Å². The molecule has 0 atom stereocenters. The smallest absolute Gasteiger partial charge is 0.274 e. The average molecular weight is 391 g/mol. The second kappa shape index (κ2) is 7.65. The Bertz CT molecular complexity index is 1120. The number of carbonyl (C=O) groups excluding carboxylic acids is 1. The third-order valence-electron chi connectivity index (χ3n) is 4.16. The van der Waals surface area contributed by atoms with Crippen molar-refractivity contribution in [2.24, 2.45) is 7.05 Å². The molecule has 0 saturated carbocycles. The van der Waals surface area contributed by atoms with E-state index in [-0.39, 0.29) is 5.91 Å². The Balaban J connectivity index is 1.65. The maximum absolute atomic E-state index is 13.0. The van der Waals surface area contributed by atoms with Crippen LogP contribution in [0.2, 0.25) is 0 Å². The van der Waals surface area contributed by atoms with Crippen LogP contribution in [0.1, 0.15) is 10.5 Å². The molecule has 2 aromatic carbocycles. The molecule has 0 aliphatic rings. The number of anilines is 1. The molecule has 4 rings (SSSR count). The van der Waals surface area contributed by atoms with Crippen molar-refractivity contribution < 1.29 is 4.79 Å². The molecule has 9 heteroatoms. The van der Waals surface area contributed by atoms with E-state index >= 15 is 0 Å². The molecule has 0 bridgehead atoms. The zero-order chi connectivity index (χ0) is 19.5. The van der Waals surface area contributed by atoms with Gasteiger partial charge in [0.2, 0.25) is 0 Å². The normalized spacial score (nSPS) is 10.8. The van der Waals surface area contributed by atoms with Crippen LogP contribution in [0.5, 0.6) is 0 Å². The number of tetrazole rings is 1. The topological polar surface area (TPSA) is 90.5 Å². The number of hydrogen-bond acceptors (Lipinski definition) is 6. The van der Waals surface area contributed by atoms with Crippen molar-refractivity contribution in [3.8, 4) is 17.1 Å². The number of amides is 1. The minimum Gasteiger partial charge on any atom is -0.321 e. The summed E-state index contributed by atoms with van der Waals surface area (Å²) in [6.07, 6.45) is 3.52. The van der Waals surface area contributed by atoms with Crippen LogP contribution < -0.4 is 5.32 Å². The summed E-state index contributed by atoms with van der Waals surface area (Å²) >= 11 is 1.48. The lowest BCUT2D eigenvalue weighted by Gasteiger charge is -2.11. The first kappa shape index (κ1) is 17.9. The Morgan fingerprint density at radius 1 is 1.11 bits per heavy atom. The fourth-order valence-corrected chi connectivity index (χ4v) is 3.42. The average Bonchev–Trinajstić information content (AvgIpc) is 3.35. The minimum absolute atomic E-state index is 0.245. The largest absolute Gasteiger partial charge is 0.321 e. The third-order valence-corrected chi connectivity index (χ3v) is 4.81. The first-order valence-electron chi connectivity index (χ1n) is 8.48. The number of aryl methyl sites for hydroxylation is 1. The van der Waals surface area contributed by atoms with Crippen molar-refractivity contribution in [3.63, 3.8) is 0 Å². The number of rotatable bonds is 5. The molecule has 0 unspecified atom stereocenters. The number of benzene rings is 2. The van der Waals surface area contributed by atoms with Gasteiger partial charge in [0.1, 0.15) is 5.69 Å². The number of carbonyl (C=O) groups is 1. The second-order valence-electron chi connectivity index (χ2n) is 5.96. The molecule has 0 radical (unpaired) electrons. The molecule has 0 aliphatic heterocycles. The number of nitrogens with one attached hydrogen (secondary N) is 1. The van der Waals surface area contributed by atoms with E-state index in [1.54, 1.807) is 17.9 Å². The summed E-state index contributed by atoms with van der Waals surface area (Å²) in [6, 6.07) is 17.1. The van der Waals surface area contributed by atoms with E-state index in [0.29, 0.717) is 17.2 Å². The van der Waals surface area contributed by atoms with Crippen LogP contribution >= 0.6 is 11.8 Å². The lowest BCUT2D eigenvalue weighted by atomic mass is 10.2. The summed E-state index contributed by atoms with van der Waals surface area (Å²) in [5, 5.41) is 15.2. The molecular formula is C19H17N7OS. The van der Waals surface area contributed by atoms with Gasteiger partial charge < -0.3 is 5.32 Å². The van der Waals surface area contributed by atoms with Crippen LogP contribution in [0.3, 0.4) is 0 Å². The van der Waals surface area contributed by atoms with Crippen LogP contribution in [0.25, 0.3) is 17.1 Å². The molecular weight excluding hydrogens is 374 g/mol. The number of imidazole rings is 1. The Morgan fingerprint density at radius 3 is 2.64 bits per heavy atom. The highest BCUT2D eigenvalue weighted by Crippen LogP contribution is 2.24. The Hall–Kier alpha value is -3.46. The predicted molar refractivity (Wildman–Crippen MR) is 108 cm³/mol. The lowest BCUT2D eigenvalue weighted by Crippen LogP contribution is -2.16. The van der Waals surface area contributed by atoms with Gasteiger partial charge in [-0.1, -0.05) is 42.1 Å². The van der Waals surface area contributed by atoms with Gasteiger partial charge in [0.15, 0.2) is 11.0 Å². The van der Waals surface area contributed by atoms with Crippen LogP contribution in [-0.2, 0) is 7.05 Å². The van der Waals surface area contributed by atoms with E-state index in [4.69, 9.17) is 0 Å². The molecule has 0 spiro atoms. The molecule has 1 amide bonds. The van der Waals surface area contributed by atoms with E-state index in [1.807, 2.05) is 65.4 Å². The third kappa shape index (κ3) is 3.39. The van der Waals surface area contributed by atoms with Gasteiger partial charge in [-0.2, -0.15) is 0 Å². The van der Waals surface area contributed by atoms with Crippen molar-refractivity contribution >= 4 is 23.4 Å². The second-order valence-corrected chi connectivity index (χ2v) is 6.74. The molecule has 4 aromatic rings. The van der Waals surface area contributed by atoms with Gasteiger partial charge in [-0.3, -0.25) is 9.36 Å². The van der Waals surface area contributed by atoms with Gasteiger partial charge in [-0.05, 0) is 40.9 Å². The predicted octanol–water partition coefficient (Wildman–Crippen LogP) is 3.04. The van der Waals surface area contributed by atoms with E-state index < -0.39 is 0 Å². The molecule has 8 nitrogen and oxygen atoms in total. The summed E-state index contributed by atoms with van der Waals surface area (Å²) in [5.41, 5.74) is 2.80. The van der Waals surface area contributed by atoms with Crippen LogP contribution in [0, 0.1) is 0 Å². The van der Waals surface area contributed by atoms with Crippen LogP contribution in [0.4, 0.5) is 5.69 Å². The van der Waals surface area contributed by atoms with Crippen molar-refractivity contribution in [3.05, 3.63) is 66.5 Å². The van der Waals surface area contributed by atoms with Gasteiger partial charge in [0.05, 0.1) is 6.20 Å². The summed E-state index contributed by atoms with van der Waals surface area (Å²) < 4.78 is 3.42. The standard InChI is InChI=1S/C19H17N7OS/c1-25-17(22-23-24-25)13-7-6-8-14(11-13)21-18(27)16-12-20-19(28-2)26(16)15-9-4-3-5-10-15/h3-12H,1-2H3,(H,21,27).